The fourth-order valence-corrected chi connectivity index (χ4v) is 6.36. The molecule has 0 aliphatic heterocycles. The number of carbonyl (C=O) groups excluding carboxylic acids is 1. The minimum absolute atomic E-state index is 0.00580. The van der Waals surface area contributed by atoms with E-state index in [-0.39, 0.29) is 39.4 Å². The number of amides is 1. The van der Waals surface area contributed by atoms with Crippen LogP contribution in [0, 0.1) is 0 Å². The first-order valence-electron chi connectivity index (χ1n) is 10.5. The van der Waals surface area contributed by atoms with Crippen molar-refractivity contribution in [1.29, 1.82) is 0 Å². The van der Waals surface area contributed by atoms with Gasteiger partial charge < -0.3 is 10.1 Å². The molecular weight excluding hydrogens is 452 g/mol. The summed E-state index contributed by atoms with van der Waals surface area (Å²) in [6.45, 7) is 0. The Morgan fingerprint density at radius 2 is 1.72 bits per heavy atom. The van der Waals surface area contributed by atoms with Gasteiger partial charge in [0.2, 0.25) is 15.9 Å². The number of nitrogens with one attached hydrogen (secondary N) is 2. The number of sulfonamides is 1. The highest BCUT2D eigenvalue weighted by Crippen LogP contribution is 2.30. The molecule has 32 heavy (non-hydrogen) atoms. The Balaban J connectivity index is 1.44. The Hall–Kier alpha value is -2.43. The number of hydrogen-bond acceptors (Lipinski definition) is 6. The van der Waals surface area contributed by atoms with E-state index in [1.165, 1.54) is 30.9 Å². The summed E-state index contributed by atoms with van der Waals surface area (Å²) >= 11 is 0. The van der Waals surface area contributed by atoms with E-state index in [1.54, 1.807) is 12.1 Å². The van der Waals surface area contributed by atoms with Gasteiger partial charge in [-0.25, -0.2) is 21.6 Å². The third-order valence-electron chi connectivity index (χ3n) is 5.68. The molecule has 0 saturated heterocycles. The molecule has 10 heteroatoms. The van der Waals surface area contributed by atoms with E-state index in [0.29, 0.717) is 0 Å². The van der Waals surface area contributed by atoms with Crippen molar-refractivity contribution < 1.29 is 26.4 Å². The van der Waals surface area contributed by atoms with Gasteiger partial charge in [0.05, 0.1) is 28.3 Å². The van der Waals surface area contributed by atoms with E-state index in [4.69, 9.17) is 4.74 Å². The fraction of sp³-hybridized carbons (Fsp3) is 0.409. The molecule has 8 nitrogen and oxygen atoms in total. The quantitative estimate of drug-likeness (QED) is 0.571. The number of hydrogen-bond donors (Lipinski definition) is 2. The molecule has 0 radical (unpaired) electrons. The minimum Gasteiger partial charge on any atom is -0.495 e. The van der Waals surface area contributed by atoms with Crippen molar-refractivity contribution in [3.05, 3.63) is 47.5 Å². The highest BCUT2D eigenvalue weighted by Gasteiger charge is 2.28. The summed E-state index contributed by atoms with van der Waals surface area (Å²) < 4.78 is 58.2. The van der Waals surface area contributed by atoms with Crippen LogP contribution in [0.3, 0.4) is 0 Å². The second-order valence-electron chi connectivity index (χ2n) is 8.16. The molecule has 1 amide bonds. The van der Waals surface area contributed by atoms with Crippen molar-refractivity contribution in [3.63, 3.8) is 0 Å². The average Bonchev–Trinajstić information content (AvgIpc) is 3.43. The van der Waals surface area contributed by atoms with E-state index in [0.717, 1.165) is 37.7 Å². The Labute approximate surface area is 188 Å². The van der Waals surface area contributed by atoms with Gasteiger partial charge in [-0.15, -0.1) is 0 Å². The standard InChI is InChI=1S/C22H26N2O6S2/c1-30-21-10-9-19(32(28,29)24-17-6-7-17)14-20(21)23-22(25)11-12-31(26,27)18-8-5-15-3-2-4-16(15)13-18/h5,8-10,13-14,17,24H,2-4,6-7,11-12H2,1H3,(H,23,25). The van der Waals surface area contributed by atoms with Crippen LogP contribution in [0.1, 0.15) is 36.8 Å². The lowest BCUT2D eigenvalue weighted by Crippen LogP contribution is -2.26. The predicted molar refractivity (Wildman–Crippen MR) is 120 cm³/mol. The normalized spacial score (nSPS) is 15.9. The lowest BCUT2D eigenvalue weighted by atomic mass is 10.1. The van der Waals surface area contributed by atoms with Gasteiger partial charge in [0.25, 0.3) is 0 Å². The van der Waals surface area contributed by atoms with Crippen molar-refractivity contribution in [2.45, 2.75) is 54.4 Å². The molecular formula is C22H26N2O6S2. The molecule has 0 heterocycles. The Kier molecular flexibility index (Phi) is 6.28. The summed E-state index contributed by atoms with van der Waals surface area (Å²) in [4.78, 5) is 12.7. The summed E-state index contributed by atoms with van der Waals surface area (Å²) in [6.07, 6.45) is 4.20. The molecule has 172 valence electrons. The van der Waals surface area contributed by atoms with E-state index >= 15 is 0 Å². The molecule has 0 atom stereocenters. The number of anilines is 1. The van der Waals surface area contributed by atoms with Gasteiger partial charge >= 0.3 is 0 Å². The Bertz CT molecular complexity index is 1250. The van der Waals surface area contributed by atoms with Gasteiger partial charge in [-0.2, -0.15) is 0 Å². The number of ether oxygens (including phenoxy) is 1. The molecule has 2 aromatic carbocycles. The highest BCUT2D eigenvalue weighted by molar-refractivity contribution is 7.91. The average molecular weight is 479 g/mol. The molecule has 2 aromatic rings. The zero-order valence-electron chi connectivity index (χ0n) is 17.8. The van der Waals surface area contributed by atoms with Gasteiger partial charge in [0.1, 0.15) is 5.75 Å². The number of aryl methyl sites for hydroxylation is 2. The monoisotopic (exact) mass is 478 g/mol. The van der Waals surface area contributed by atoms with Crippen molar-refractivity contribution >= 4 is 31.5 Å². The van der Waals surface area contributed by atoms with Crippen LogP contribution in [0.2, 0.25) is 0 Å². The van der Waals surface area contributed by atoms with Crippen LogP contribution in [0.5, 0.6) is 5.75 Å². The number of carbonyl (C=O) groups is 1. The lowest BCUT2D eigenvalue weighted by molar-refractivity contribution is -0.115. The van der Waals surface area contributed by atoms with Crippen molar-refractivity contribution in [1.82, 2.24) is 4.72 Å². The molecule has 2 aliphatic carbocycles. The van der Waals surface area contributed by atoms with E-state index in [2.05, 4.69) is 10.0 Å². The highest BCUT2D eigenvalue weighted by atomic mass is 32.2. The first kappa shape index (κ1) is 22.8. The molecule has 0 aromatic heterocycles. The van der Waals surface area contributed by atoms with Gasteiger partial charge in [0.15, 0.2) is 9.84 Å². The molecule has 0 spiro atoms. The van der Waals surface area contributed by atoms with Gasteiger partial charge in [0, 0.05) is 12.5 Å². The second kappa shape index (κ2) is 8.84. The first-order valence-corrected chi connectivity index (χ1v) is 13.7. The van der Waals surface area contributed by atoms with Crippen LogP contribution in [-0.4, -0.2) is 41.6 Å². The van der Waals surface area contributed by atoms with Crippen molar-refractivity contribution in [2.24, 2.45) is 0 Å². The number of fused-ring (bicyclic) bond motifs is 1. The SMILES string of the molecule is COc1ccc(S(=O)(=O)NC2CC2)cc1NC(=O)CCS(=O)(=O)c1ccc2c(c1)CCC2. The minimum atomic E-state index is -3.71. The van der Waals surface area contributed by atoms with Crippen LogP contribution in [-0.2, 0) is 37.5 Å². The topological polar surface area (TPSA) is 119 Å². The largest absolute Gasteiger partial charge is 0.495 e. The van der Waals surface area contributed by atoms with Crippen LogP contribution >= 0.6 is 0 Å². The van der Waals surface area contributed by atoms with Crippen molar-refractivity contribution in [2.75, 3.05) is 18.2 Å². The number of rotatable bonds is 9. The van der Waals surface area contributed by atoms with E-state index in [9.17, 15) is 21.6 Å². The third kappa shape index (κ3) is 5.13. The smallest absolute Gasteiger partial charge is 0.240 e. The molecule has 1 saturated carbocycles. The van der Waals surface area contributed by atoms with Gasteiger partial charge in [-0.3, -0.25) is 4.79 Å². The lowest BCUT2D eigenvalue weighted by Gasteiger charge is -2.13. The third-order valence-corrected chi connectivity index (χ3v) is 8.91. The van der Waals surface area contributed by atoms with Crippen LogP contribution in [0.25, 0.3) is 0 Å². The van der Waals surface area contributed by atoms with Crippen LogP contribution < -0.4 is 14.8 Å². The maximum Gasteiger partial charge on any atom is 0.240 e. The van der Waals surface area contributed by atoms with Crippen molar-refractivity contribution in [3.8, 4) is 5.75 Å². The van der Waals surface area contributed by atoms with Gasteiger partial charge in [-0.05, 0) is 73.6 Å². The Morgan fingerprint density at radius 3 is 2.44 bits per heavy atom. The first-order chi connectivity index (χ1) is 15.2. The second-order valence-corrected chi connectivity index (χ2v) is 12.0. The molecule has 0 bridgehead atoms. The molecule has 1 fully saturated rings. The summed E-state index contributed by atoms with van der Waals surface area (Å²) in [7, 11) is -5.93. The molecule has 4 rings (SSSR count). The fourth-order valence-electron chi connectivity index (χ4n) is 3.74. The number of sulfone groups is 1. The maximum absolute atomic E-state index is 12.7. The maximum atomic E-state index is 12.7. The number of methoxy groups -OCH3 is 1. The molecule has 2 N–H and O–H groups in total. The summed E-state index contributed by atoms with van der Waals surface area (Å²) in [5.74, 6) is -0.607. The number of benzene rings is 2. The zero-order valence-corrected chi connectivity index (χ0v) is 19.4. The Morgan fingerprint density at radius 1 is 1.00 bits per heavy atom. The summed E-state index contributed by atoms with van der Waals surface area (Å²) in [5.41, 5.74) is 2.41. The van der Waals surface area contributed by atoms with Crippen LogP contribution in [0.4, 0.5) is 5.69 Å². The molecule has 2 aliphatic rings. The van der Waals surface area contributed by atoms with Crippen LogP contribution in [0.15, 0.2) is 46.2 Å². The summed E-state index contributed by atoms with van der Waals surface area (Å²) in [5, 5.41) is 2.59. The van der Waals surface area contributed by atoms with E-state index in [1.807, 2.05) is 6.07 Å². The van der Waals surface area contributed by atoms with E-state index < -0.39 is 25.8 Å². The summed E-state index contributed by atoms with van der Waals surface area (Å²) in [6, 6.07) is 9.28. The predicted octanol–water partition coefficient (Wildman–Crippen LogP) is 2.43. The molecule has 0 unspecified atom stereocenters. The van der Waals surface area contributed by atoms with Gasteiger partial charge in [-0.1, -0.05) is 6.07 Å². The zero-order chi connectivity index (χ0) is 22.9.